The zero-order valence-electron chi connectivity index (χ0n) is 15.9. The van der Waals surface area contributed by atoms with Gasteiger partial charge in [0.25, 0.3) is 16.8 Å². The van der Waals surface area contributed by atoms with Crippen LogP contribution in [0.4, 0.5) is 14.5 Å². The highest BCUT2D eigenvalue weighted by Gasteiger charge is 2.28. The monoisotopic (exact) mass is 433 g/mol. The van der Waals surface area contributed by atoms with E-state index in [1.165, 1.54) is 18.2 Å². The molecule has 156 valence electrons. The summed E-state index contributed by atoms with van der Waals surface area (Å²) in [7, 11) is 0. The van der Waals surface area contributed by atoms with E-state index in [9.17, 15) is 23.7 Å². The first-order valence-corrected chi connectivity index (χ1v) is 10.1. The molecule has 0 spiro atoms. The highest BCUT2D eigenvalue weighted by atomic mass is 32.1. The SMILES string of the molecule is Cc1c(C(=O)N2CCC(Oc3nc4c(F)cc(F)cc4s3)CC2)cccc1[N+](=O)[O-]. The lowest BCUT2D eigenvalue weighted by Crippen LogP contribution is -2.42. The van der Waals surface area contributed by atoms with Gasteiger partial charge in [0.1, 0.15) is 17.4 Å². The van der Waals surface area contributed by atoms with Crippen LogP contribution in [0, 0.1) is 28.7 Å². The molecule has 1 saturated heterocycles. The number of carbonyl (C=O) groups excluding carboxylic acids is 1. The van der Waals surface area contributed by atoms with E-state index in [4.69, 9.17) is 4.74 Å². The van der Waals surface area contributed by atoms with Gasteiger partial charge in [-0.25, -0.2) is 8.78 Å². The van der Waals surface area contributed by atoms with E-state index in [1.807, 2.05) is 0 Å². The molecule has 10 heteroatoms. The molecule has 0 N–H and O–H groups in total. The number of rotatable bonds is 4. The Balaban J connectivity index is 1.42. The first-order chi connectivity index (χ1) is 14.3. The Morgan fingerprint density at radius 3 is 2.73 bits per heavy atom. The molecule has 2 heterocycles. The number of amides is 1. The topological polar surface area (TPSA) is 85.6 Å². The van der Waals surface area contributed by atoms with Crippen LogP contribution in [0.1, 0.15) is 28.8 Å². The quantitative estimate of drug-likeness (QED) is 0.448. The highest BCUT2D eigenvalue weighted by molar-refractivity contribution is 7.20. The molecule has 0 aliphatic carbocycles. The van der Waals surface area contributed by atoms with Crippen molar-refractivity contribution in [2.75, 3.05) is 13.1 Å². The van der Waals surface area contributed by atoms with Gasteiger partial charge >= 0.3 is 0 Å². The Kier molecular flexibility index (Phi) is 5.33. The Hall–Kier alpha value is -3.14. The number of nitro benzene ring substituents is 1. The van der Waals surface area contributed by atoms with E-state index in [-0.39, 0.29) is 28.4 Å². The minimum Gasteiger partial charge on any atom is -0.467 e. The van der Waals surface area contributed by atoms with Gasteiger partial charge in [0.15, 0.2) is 5.82 Å². The number of aromatic nitrogens is 1. The van der Waals surface area contributed by atoms with Crippen molar-refractivity contribution in [3.8, 4) is 5.19 Å². The number of fused-ring (bicyclic) bond motifs is 1. The molecule has 3 aromatic rings. The number of hydrogen-bond donors (Lipinski definition) is 0. The Morgan fingerprint density at radius 1 is 1.30 bits per heavy atom. The van der Waals surface area contributed by atoms with E-state index >= 15 is 0 Å². The summed E-state index contributed by atoms with van der Waals surface area (Å²) in [5.74, 6) is -1.66. The minimum atomic E-state index is -0.733. The second-order valence-electron chi connectivity index (χ2n) is 7.03. The Bertz CT molecular complexity index is 1140. The second-order valence-corrected chi connectivity index (χ2v) is 8.02. The number of carbonyl (C=O) groups is 1. The van der Waals surface area contributed by atoms with Gasteiger partial charge in [0.05, 0.1) is 9.62 Å². The van der Waals surface area contributed by atoms with Gasteiger partial charge in [0.2, 0.25) is 0 Å². The molecule has 1 aliphatic heterocycles. The molecule has 4 rings (SSSR count). The summed E-state index contributed by atoms with van der Waals surface area (Å²) in [5, 5.41) is 11.4. The maximum absolute atomic E-state index is 13.8. The molecule has 0 radical (unpaired) electrons. The molecule has 1 aromatic heterocycles. The van der Waals surface area contributed by atoms with Gasteiger partial charge in [-0.3, -0.25) is 14.9 Å². The van der Waals surface area contributed by atoms with Crippen LogP contribution in [0.25, 0.3) is 10.2 Å². The van der Waals surface area contributed by atoms with Crippen LogP contribution in [-0.4, -0.2) is 39.9 Å². The zero-order chi connectivity index (χ0) is 21.4. The summed E-state index contributed by atoms with van der Waals surface area (Å²) in [6.07, 6.45) is 0.854. The van der Waals surface area contributed by atoms with Crippen LogP contribution >= 0.6 is 11.3 Å². The fourth-order valence-electron chi connectivity index (χ4n) is 3.53. The largest absolute Gasteiger partial charge is 0.467 e. The normalized spacial score (nSPS) is 14.8. The Labute approximate surface area is 174 Å². The van der Waals surface area contributed by atoms with Crippen LogP contribution in [0.15, 0.2) is 30.3 Å². The van der Waals surface area contributed by atoms with Gasteiger partial charge in [0, 0.05) is 49.2 Å². The number of hydrogen-bond acceptors (Lipinski definition) is 6. The number of halogens is 2. The van der Waals surface area contributed by atoms with E-state index < -0.39 is 16.6 Å². The minimum absolute atomic E-state index is 0.0742. The summed E-state index contributed by atoms with van der Waals surface area (Å²) in [6, 6.07) is 6.46. The lowest BCUT2D eigenvalue weighted by Gasteiger charge is -2.31. The Morgan fingerprint density at radius 2 is 2.03 bits per heavy atom. The second kappa shape index (κ2) is 7.94. The van der Waals surface area contributed by atoms with E-state index in [2.05, 4.69) is 4.98 Å². The summed E-state index contributed by atoms with van der Waals surface area (Å²) in [6.45, 7) is 2.40. The average Bonchev–Trinajstić information content (AvgIpc) is 3.10. The lowest BCUT2D eigenvalue weighted by atomic mass is 10.0. The molecule has 1 fully saturated rings. The molecule has 2 aromatic carbocycles. The van der Waals surface area contributed by atoms with Crippen molar-refractivity contribution >= 4 is 33.1 Å². The first kappa shape index (κ1) is 20.1. The van der Waals surface area contributed by atoms with Gasteiger partial charge in [-0.05, 0) is 19.1 Å². The van der Waals surface area contributed by atoms with Crippen molar-refractivity contribution in [3.63, 3.8) is 0 Å². The molecule has 0 atom stereocenters. The van der Waals surface area contributed by atoms with Gasteiger partial charge in [-0.15, -0.1) is 0 Å². The number of benzene rings is 2. The fraction of sp³-hybridized carbons (Fsp3) is 0.300. The fourth-order valence-corrected chi connectivity index (χ4v) is 4.45. The third-order valence-corrected chi connectivity index (χ3v) is 6.02. The highest BCUT2D eigenvalue weighted by Crippen LogP contribution is 2.32. The third-order valence-electron chi connectivity index (χ3n) is 5.12. The predicted octanol–water partition coefficient (Wildman–Crippen LogP) is 4.47. The molecular formula is C20H17F2N3O4S. The molecule has 30 heavy (non-hydrogen) atoms. The third kappa shape index (κ3) is 3.82. The van der Waals surface area contributed by atoms with E-state index in [1.54, 1.807) is 17.9 Å². The van der Waals surface area contributed by atoms with Crippen molar-refractivity contribution in [2.24, 2.45) is 0 Å². The zero-order valence-corrected chi connectivity index (χ0v) is 16.7. The number of piperidine rings is 1. The average molecular weight is 433 g/mol. The van der Waals surface area contributed by atoms with Gasteiger partial charge in [-0.1, -0.05) is 17.4 Å². The van der Waals surface area contributed by atoms with Crippen molar-refractivity contribution in [2.45, 2.75) is 25.9 Å². The van der Waals surface area contributed by atoms with E-state index in [0.717, 1.165) is 17.4 Å². The number of nitro groups is 1. The smallest absolute Gasteiger partial charge is 0.274 e. The summed E-state index contributed by atoms with van der Waals surface area (Å²) in [5.41, 5.74) is 0.644. The van der Waals surface area contributed by atoms with Crippen LogP contribution in [-0.2, 0) is 0 Å². The molecule has 0 unspecified atom stereocenters. The number of ether oxygens (including phenoxy) is 1. The molecule has 0 bridgehead atoms. The van der Waals surface area contributed by atoms with Crippen molar-refractivity contribution in [1.82, 2.24) is 9.88 Å². The summed E-state index contributed by atoms with van der Waals surface area (Å²) < 4.78 is 33.4. The van der Waals surface area contributed by atoms with E-state index in [0.29, 0.717) is 41.8 Å². The van der Waals surface area contributed by atoms with Gasteiger partial charge in [-0.2, -0.15) is 4.98 Å². The van der Waals surface area contributed by atoms with Crippen LogP contribution in [0.2, 0.25) is 0 Å². The molecular weight excluding hydrogens is 416 g/mol. The molecule has 1 amide bonds. The van der Waals surface area contributed by atoms with Crippen LogP contribution in [0.3, 0.4) is 0 Å². The van der Waals surface area contributed by atoms with Gasteiger partial charge < -0.3 is 9.64 Å². The molecule has 1 aliphatic rings. The standard InChI is InChI=1S/C20H17F2N3O4S/c1-11-14(3-2-4-16(11)25(27)28)19(26)24-7-5-13(6-8-24)29-20-23-18-15(22)9-12(21)10-17(18)30-20/h2-4,9-10,13H,5-8H2,1H3. The molecule has 7 nitrogen and oxygen atoms in total. The lowest BCUT2D eigenvalue weighted by molar-refractivity contribution is -0.385. The maximum atomic E-state index is 13.8. The molecule has 0 saturated carbocycles. The number of likely N-dealkylation sites (tertiary alicyclic amines) is 1. The first-order valence-electron chi connectivity index (χ1n) is 9.29. The number of thiazole rings is 1. The predicted molar refractivity (Wildman–Crippen MR) is 107 cm³/mol. The summed E-state index contributed by atoms with van der Waals surface area (Å²) in [4.78, 5) is 29.2. The summed E-state index contributed by atoms with van der Waals surface area (Å²) >= 11 is 1.07. The van der Waals surface area contributed by atoms with Crippen molar-refractivity contribution in [1.29, 1.82) is 0 Å². The van der Waals surface area contributed by atoms with Crippen LogP contribution in [0.5, 0.6) is 5.19 Å². The number of nitrogens with zero attached hydrogens (tertiary/aromatic N) is 3. The maximum Gasteiger partial charge on any atom is 0.274 e. The van der Waals surface area contributed by atoms with Crippen LogP contribution < -0.4 is 4.74 Å². The van der Waals surface area contributed by atoms with Crippen molar-refractivity contribution in [3.05, 3.63) is 63.2 Å². The van der Waals surface area contributed by atoms with Crippen molar-refractivity contribution < 1.29 is 23.2 Å².